The highest BCUT2D eigenvalue weighted by atomic mass is 79.9. The summed E-state index contributed by atoms with van der Waals surface area (Å²) in [6, 6.07) is 9.41. The molecule has 1 atom stereocenters. The first-order valence-electron chi connectivity index (χ1n) is 8.47. The van der Waals surface area contributed by atoms with E-state index >= 15 is 0 Å². The Balaban J connectivity index is 1.71. The summed E-state index contributed by atoms with van der Waals surface area (Å²) >= 11 is 4.95. The number of aryl methyl sites for hydroxylation is 1. The zero-order valence-electron chi connectivity index (χ0n) is 15.0. The summed E-state index contributed by atoms with van der Waals surface area (Å²) < 4.78 is 16.7. The average molecular weight is 451 g/mol. The fourth-order valence-corrected chi connectivity index (χ4v) is 4.20. The number of nitrogens with zero attached hydrogens (tertiary/aromatic N) is 2. The van der Waals surface area contributed by atoms with Gasteiger partial charge in [-0.1, -0.05) is 17.3 Å². The molecule has 3 rings (SSSR count). The molecule has 2 heterocycles. The largest absolute Gasteiger partial charge is 0.488 e. The van der Waals surface area contributed by atoms with Gasteiger partial charge >= 0.3 is 5.97 Å². The number of ether oxygens (including phenoxy) is 2. The molecule has 1 aromatic carbocycles. The molecule has 3 aromatic rings. The topological polar surface area (TPSA) is 74.5 Å². The normalized spacial score (nSPS) is 12.0. The highest BCUT2D eigenvalue weighted by molar-refractivity contribution is 9.11. The van der Waals surface area contributed by atoms with Crippen LogP contribution in [0.4, 0.5) is 0 Å². The van der Waals surface area contributed by atoms with Gasteiger partial charge in [-0.25, -0.2) is 4.98 Å². The van der Waals surface area contributed by atoms with Crippen LogP contribution in [-0.4, -0.2) is 22.7 Å². The molecular weight excluding hydrogens is 432 g/mol. The zero-order valence-corrected chi connectivity index (χ0v) is 17.4. The number of thiazole rings is 1. The molecule has 1 unspecified atom stereocenters. The molecule has 0 spiro atoms. The monoisotopic (exact) mass is 450 g/mol. The molecule has 0 N–H and O–H groups in total. The lowest BCUT2D eigenvalue weighted by Gasteiger charge is -2.14. The second-order valence-electron chi connectivity index (χ2n) is 5.82. The summed E-state index contributed by atoms with van der Waals surface area (Å²) in [6.45, 7) is 4.56. The van der Waals surface area contributed by atoms with Crippen molar-refractivity contribution in [2.24, 2.45) is 0 Å². The molecule has 0 bridgehead atoms. The van der Waals surface area contributed by atoms with E-state index in [1.807, 2.05) is 31.2 Å². The summed E-state index contributed by atoms with van der Waals surface area (Å²) in [5.74, 6) is 0.256. The summed E-state index contributed by atoms with van der Waals surface area (Å²) in [6.07, 6.45) is 1.70. The molecule has 142 valence electrons. The van der Waals surface area contributed by atoms with E-state index in [1.54, 1.807) is 24.3 Å². The number of carbonyl (C=O) groups is 1. The van der Waals surface area contributed by atoms with Gasteiger partial charge in [0.05, 0.1) is 29.3 Å². The van der Waals surface area contributed by atoms with Crippen molar-refractivity contribution < 1.29 is 18.8 Å². The fourth-order valence-electron chi connectivity index (χ4n) is 2.65. The first-order chi connectivity index (χ1) is 13.1. The third kappa shape index (κ3) is 5.17. The van der Waals surface area contributed by atoms with Crippen molar-refractivity contribution in [2.75, 3.05) is 6.61 Å². The number of hydrogen-bond acceptors (Lipinski definition) is 7. The van der Waals surface area contributed by atoms with Crippen LogP contribution >= 0.6 is 27.3 Å². The lowest BCUT2D eigenvalue weighted by Crippen LogP contribution is -2.12. The van der Waals surface area contributed by atoms with Gasteiger partial charge in [0.15, 0.2) is 3.92 Å². The molecule has 0 amide bonds. The Hall–Kier alpha value is -2.19. The second kappa shape index (κ2) is 9.14. The smallest absolute Gasteiger partial charge is 0.306 e. The van der Waals surface area contributed by atoms with Gasteiger partial charge in [0.2, 0.25) is 0 Å². The van der Waals surface area contributed by atoms with Crippen LogP contribution in [0.1, 0.15) is 41.1 Å². The van der Waals surface area contributed by atoms with Gasteiger partial charge in [0, 0.05) is 12.0 Å². The third-order valence-electron chi connectivity index (χ3n) is 4.01. The molecule has 0 saturated carbocycles. The zero-order chi connectivity index (χ0) is 19.2. The van der Waals surface area contributed by atoms with Gasteiger partial charge in [-0.15, -0.1) is 11.3 Å². The minimum Gasteiger partial charge on any atom is -0.488 e. The Kier molecular flexibility index (Phi) is 6.63. The van der Waals surface area contributed by atoms with Crippen molar-refractivity contribution in [3.05, 3.63) is 62.3 Å². The van der Waals surface area contributed by atoms with E-state index in [0.29, 0.717) is 18.9 Å². The number of hydrogen-bond donors (Lipinski definition) is 0. The van der Waals surface area contributed by atoms with E-state index < -0.39 is 0 Å². The summed E-state index contributed by atoms with van der Waals surface area (Å²) in [5, 5.41) is 3.99. The minimum absolute atomic E-state index is 0.203. The Morgan fingerprint density at radius 2 is 2.07 bits per heavy atom. The molecule has 0 saturated heterocycles. The Bertz CT molecular complexity index is 878. The quantitative estimate of drug-likeness (QED) is 0.455. The van der Waals surface area contributed by atoms with E-state index in [9.17, 15) is 4.79 Å². The maximum atomic E-state index is 12.0. The molecule has 0 aliphatic heterocycles. The molecule has 27 heavy (non-hydrogen) atoms. The van der Waals surface area contributed by atoms with Gasteiger partial charge in [-0.2, -0.15) is 0 Å². The minimum atomic E-state index is -0.267. The second-order valence-corrected chi connectivity index (χ2v) is 8.18. The average Bonchev–Trinajstić information content (AvgIpc) is 3.28. The van der Waals surface area contributed by atoms with Gasteiger partial charge in [0.25, 0.3) is 0 Å². The van der Waals surface area contributed by atoms with Gasteiger partial charge in [-0.3, -0.25) is 4.79 Å². The standard InChI is InChI=1S/C19H19BrN2O4S/c1-3-24-18(23)10-15(16-8-9-26-22-16)13-4-6-14(7-5-13)25-11-17-12(2)21-19(20)27-17/h4-9,15H,3,10-11H2,1-2H3. The summed E-state index contributed by atoms with van der Waals surface area (Å²) in [4.78, 5) is 17.4. The Labute approximate surface area is 169 Å². The molecule has 2 aromatic heterocycles. The van der Waals surface area contributed by atoms with Gasteiger partial charge in [0.1, 0.15) is 18.6 Å². The van der Waals surface area contributed by atoms with Crippen molar-refractivity contribution in [2.45, 2.75) is 32.8 Å². The van der Waals surface area contributed by atoms with Crippen molar-refractivity contribution in [3.8, 4) is 5.75 Å². The first-order valence-corrected chi connectivity index (χ1v) is 10.1. The van der Waals surface area contributed by atoms with Crippen molar-refractivity contribution in [1.82, 2.24) is 10.1 Å². The molecular formula is C19H19BrN2O4S. The van der Waals surface area contributed by atoms with Crippen molar-refractivity contribution in [1.29, 1.82) is 0 Å². The van der Waals surface area contributed by atoms with Crippen molar-refractivity contribution >= 4 is 33.2 Å². The van der Waals surface area contributed by atoms with E-state index in [2.05, 4.69) is 26.1 Å². The summed E-state index contributed by atoms with van der Waals surface area (Å²) in [7, 11) is 0. The van der Waals surface area contributed by atoms with Gasteiger partial charge in [-0.05, 0) is 47.5 Å². The van der Waals surface area contributed by atoms with Crippen LogP contribution in [0.25, 0.3) is 0 Å². The summed E-state index contributed by atoms with van der Waals surface area (Å²) in [5.41, 5.74) is 2.60. The van der Waals surface area contributed by atoms with Crippen LogP contribution in [0, 0.1) is 6.92 Å². The molecule has 6 nitrogen and oxygen atoms in total. The first kappa shape index (κ1) is 19.6. The van der Waals surface area contributed by atoms with E-state index in [0.717, 1.165) is 25.8 Å². The van der Waals surface area contributed by atoms with E-state index in [-0.39, 0.29) is 18.3 Å². The van der Waals surface area contributed by atoms with Crippen LogP contribution in [0.5, 0.6) is 5.75 Å². The number of aromatic nitrogens is 2. The van der Waals surface area contributed by atoms with Gasteiger partial charge < -0.3 is 14.0 Å². The highest BCUT2D eigenvalue weighted by Crippen LogP contribution is 2.29. The Morgan fingerprint density at radius 1 is 1.30 bits per heavy atom. The SMILES string of the molecule is CCOC(=O)CC(c1ccc(OCc2sc(Br)nc2C)cc1)c1ccon1. The van der Waals surface area contributed by atoms with Crippen LogP contribution < -0.4 is 4.74 Å². The lowest BCUT2D eigenvalue weighted by atomic mass is 9.92. The number of rotatable bonds is 8. The highest BCUT2D eigenvalue weighted by Gasteiger charge is 2.21. The maximum Gasteiger partial charge on any atom is 0.306 e. The van der Waals surface area contributed by atoms with Crippen LogP contribution in [0.2, 0.25) is 0 Å². The molecule has 0 radical (unpaired) electrons. The number of esters is 1. The number of carbonyl (C=O) groups excluding carboxylic acids is 1. The fraction of sp³-hybridized carbons (Fsp3) is 0.316. The molecule has 0 aliphatic rings. The third-order valence-corrected chi connectivity index (χ3v) is 5.59. The number of benzene rings is 1. The van der Waals surface area contributed by atoms with Crippen LogP contribution in [0.3, 0.4) is 0 Å². The van der Waals surface area contributed by atoms with Crippen LogP contribution in [-0.2, 0) is 16.1 Å². The van der Waals surface area contributed by atoms with Crippen LogP contribution in [0.15, 0.2) is 45.0 Å². The molecule has 8 heteroatoms. The predicted molar refractivity (Wildman–Crippen MR) is 105 cm³/mol. The Morgan fingerprint density at radius 3 is 2.67 bits per heavy atom. The van der Waals surface area contributed by atoms with E-state index in [1.165, 1.54) is 6.26 Å². The maximum absolute atomic E-state index is 12.0. The molecule has 0 aliphatic carbocycles. The molecule has 0 fully saturated rings. The number of halogens is 1. The van der Waals surface area contributed by atoms with Crippen molar-refractivity contribution in [3.63, 3.8) is 0 Å². The van der Waals surface area contributed by atoms with E-state index in [4.69, 9.17) is 14.0 Å². The lowest BCUT2D eigenvalue weighted by molar-refractivity contribution is -0.143. The predicted octanol–water partition coefficient (Wildman–Crippen LogP) is 4.87.